The number of benzene rings is 2. The van der Waals surface area contributed by atoms with Gasteiger partial charge in [0.2, 0.25) is 9.23 Å². The van der Waals surface area contributed by atoms with Crippen molar-refractivity contribution in [3.8, 4) is 0 Å². The van der Waals surface area contributed by atoms with E-state index in [2.05, 4.69) is 120 Å². The Hall–Kier alpha value is 1.63. The zero-order valence-corrected chi connectivity index (χ0v) is 31.1. The fourth-order valence-corrected chi connectivity index (χ4v) is 6.00. The molecule has 3 rings (SSSR count). The second kappa shape index (κ2) is 18.9. The molecule has 36 heavy (non-hydrogen) atoms. The van der Waals surface area contributed by atoms with Crippen molar-refractivity contribution in [2.75, 3.05) is 31.1 Å². The minimum Gasteiger partial charge on any atom is -0.396 e. The first-order valence-electron chi connectivity index (χ1n) is 9.45. The van der Waals surface area contributed by atoms with Crippen LogP contribution in [0, 0.1) is 0 Å². The summed E-state index contributed by atoms with van der Waals surface area (Å²) < 4.78 is 19.7. The summed E-state index contributed by atoms with van der Waals surface area (Å²) in [6.07, 6.45) is 0. The number of aromatic nitrogens is 2. The van der Waals surface area contributed by atoms with Crippen LogP contribution in [0.5, 0.6) is 0 Å². The Kier molecular flexibility index (Phi) is 19.7. The first-order chi connectivity index (χ1) is 16.7. The molecule has 0 bridgehead atoms. The molecule has 0 atom stereocenters. The van der Waals surface area contributed by atoms with Gasteiger partial charge in [0.1, 0.15) is 11.0 Å². The Labute approximate surface area is 279 Å². The smallest absolute Gasteiger partial charge is 0.211 e. The third-order valence-corrected chi connectivity index (χ3v) is 10.5. The van der Waals surface area contributed by atoms with E-state index in [-0.39, 0.29) is 0 Å². The number of anilines is 2. The fraction of sp³-hybridized carbons (Fsp3) is 0.333. The van der Waals surface area contributed by atoms with Crippen LogP contribution in [0.25, 0.3) is 11.0 Å². The molecular formula is C18H19Br4Cl6N5OS2. The van der Waals surface area contributed by atoms with Crippen LogP contribution in [0.4, 0.5) is 11.4 Å². The van der Waals surface area contributed by atoms with Gasteiger partial charge < -0.3 is 16.4 Å². The van der Waals surface area contributed by atoms with E-state index in [9.17, 15) is 0 Å². The van der Waals surface area contributed by atoms with Crippen LogP contribution in [0.15, 0.2) is 17.9 Å². The number of hydrogen-bond donors (Lipinski definition) is 2. The maximum absolute atomic E-state index is 9.09. The predicted octanol–water partition coefficient (Wildman–Crippen LogP) is 10.6. The fourth-order valence-electron chi connectivity index (χ4n) is 2.21. The molecule has 3 aromatic rings. The molecule has 1 heterocycles. The molecule has 0 aliphatic carbocycles. The second-order valence-corrected chi connectivity index (χ2v) is 13.8. The van der Waals surface area contributed by atoms with Crippen molar-refractivity contribution in [1.82, 2.24) is 13.6 Å². The highest BCUT2D eigenvalue weighted by atomic mass is 79.9. The Bertz CT molecular complexity index is 1030. The summed E-state index contributed by atoms with van der Waals surface area (Å²) in [6, 6.07) is 0. The molecule has 18 heteroatoms. The Balaban J connectivity index is 0.000000493. The summed E-state index contributed by atoms with van der Waals surface area (Å²) in [5.41, 5.74) is 13.4. The van der Waals surface area contributed by atoms with Crippen molar-refractivity contribution in [2.45, 2.75) is 20.8 Å². The lowest BCUT2D eigenvalue weighted by atomic mass is 10.3. The molecule has 0 amide bonds. The molecule has 0 saturated carbocycles. The summed E-state index contributed by atoms with van der Waals surface area (Å²) in [5.74, 6) is 0. The Morgan fingerprint density at radius 1 is 0.722 bits per heavy atom. The van der Waals surface area contributed by atoms with Gasteiger partial charge in [0.25, 0.3) is 0 Å². The molecule has 0 saturated heterocycles. The molecule has 2 aromatic carbocycles. The Morgan fingerprint density at radius 3 is 1.19 bits per heavy atom. The number of hydrogen-bond acceptors (Lipinski definition) is 7. The number of halogens is 10. The van der Waals surface area contributed by atoms with Gasteiger partial charge in [-0.05, 0) is 83.4 Å². The topological polar surface area (TPSA) is 98.1 Å². The van der Waals surface area contributed by atoms with Crippen LogP contribution in [0.1, 0.15) is 20.8 Å². The highest BCUT2D eigenvalue weighted by Crippen LogP contribution is 2.44. The van der Waals surface area contributed by atoms with E-state index in [1.807, 2.05) is 0 Å². The van der Waals surface area contributed by atoms with Gasteiger partial charge in [0, 0.05) is 21.4 Å². The van der Waals surface area contributed by atoms with E-state index < -0.39 is 9.23 Å². The van der Waals surface area contributed by atoms with E-state index in [1.54, 1.807) is 0 Å². The molecule has 4 N–H and O–H groups in total. The van der Waals surface area contributed by atoms with Crippen molar-refractivity contribution in [3.63, 3.8) is 0 Å². The van der Waals surface area contributed by atoms with Crippen LogP contribution in [0.2, 0.25) is 20.1 Å². The molecule has 6 nitrogen and oxygen atoms in total. The first kappa shape index (κ1) is 37.6. The summed E-state index contributed by atoms with van der Waals surface area (Å²) in [5, 5.41) is 1.62. The van der Waals surface area contributed by atoms with E-state index in [4.69, 9.17) is 62.1 Å². The van der Waals surface area contributed by atoms with Crippen LogP contribution in [-0.2, 0) is 9.23 Å². The molecule has 0 aliphatic rings. The predicted molar refractivity (Wildman–Crippen MR) is 177 cm³/mol. The molecule has 0 unspecified atom stereocenters. The van der Waals surface area contributed by atoms with E-state index in [0.717, 1.165) is 22.8 Å². The maximum Gasteiger partial charge on any atom is 0.211 e. The van der Waals surface area contributed by atoms with Gasteiger partial charge in [-0.1, -0.05) is 67.2 Å². The summed E-state index contributed by atoms with van der Waals surface area (Å²) in [7, 11) is 7.36. The quantitative estimate of drug-likeness (QED) is 0.118. The van der Waals surface area contributed by atoms with Gasteiger partial charge in [0.15, 0.2) is 0 Å². The summed E-state index contributed by atoms with van der Waals surface area (Å²) in [6.45, 7) is 10.1. The average Bonchev–Trinajstić information content (AvgIpc) is 3.34. The molecule has 0 aliphatic heterocycles. The van der Waals surface area contributed by atoms with Gasteiger partial charge in [-0.15, -0.1) is 0 Å². The van der Waals surface area contributed by atoms with Gasteiger partial charge in [-0.2, -0.15) is 8.75 Å². The van der Waals surface area contributed by atoms with Crippen molar-refractivity contribution < 1.29 is 4.21 Å². The third-order valence-electron chi connectivity index (χ3n) is 4.17. The van der Waals surface area contributed by atoms with Crippen LogP contribution < -0.4 is 11.5 Å². The highest BCUT2D eigenvalue weighted by molar-refractivity contribution is 9.11. The second-order valence-electron chi connectivity index (χ2n) is 6.10. The minimum absolute atomic E-state index is 0.357. The molecule has 0 fully saturated rings. The van der Waals surface area contributed by atoms with Crippen molar-refractivity contribution in [2.24, 2.45) is 0 Å². The number of nitrogens with two attached hydrogens (primary N) is 2. The van der Waals surface area contributed by atoms with Crippen LogP contribution >= 0.6 is 143 Å². The minimum atomic E-state index is -1.67. The highest BCUT2D eigenvalue weighted by Gasteiger charge is 2.17. The molecular weight excluding hydrogens is 899 g/mol. The monoisotopic (exact) mass is 911 g/mol. The summed E-state index contributed by atoms with van der Waals surface area (Å²) in [4.78, 5) is 2.38. The summed E-state index contributed by atoms with van der Waals surface area (Å²) >= 11 is 37.6. The lowest BCUT2D eigenvalue weighted by Gasteiger charge is -2.13. The lowest BCUT2D eigenvalue weighted by molar-refractivity contribution is 0.321. The van der Waals surface area contributed by atoms with Gasteiger partial charge in [0.05, 0.1) is 61.1 Å². The lowest BCUT2D eigenvalue weighted by Crippen LogP contribution is -2.21. The number of fused-ring (bicyclic) bond motifs is 1. The maximum atomic E-state index is 9.09. The SMILES string of the molecule is CCN(CC)CC.Clc1c(Cl)c(Br)c2nsnc2c1Br.Nc1c(N)c(Br)c(Cl)c(Cl)c1Br.O=S(Cl)Cl. The third kappa shape index (κ3) is 11.2. The zero-order chi connectivity index (χ0) is 28.3. The molecule has 0 radical (unpaired) electrons. The van der Waals surface area contributed by atoms with E-state index in [1.165, 1.54) is 19.6 Å². The molecule has 0 spiro atoms. The molecule has 1 aromatic heterocycles. The normalized spacial score (nSPS) is 10.4. The van der Waals surface area contributed by atoms with E-state index >= 15 is 0 Å². The van der Waals surface area contributed by atoms with Crippen molar-refractivity contribution >= 4 is 175 Å². The number of nitrogen functional groups attached to an aromatic ring is 2. The van der Waals surface area contributed by atoms with Crippen LogP contribution in [-0.4, -0.2) is 37.5 Å². The van der Waals surface area contributed by atoms with Gasteiger partial charge in [-0.3, -0.25) is 0 Å². The number of nitrogens with zero attached hydrogens (tertiary/aromatic N) is 3. The van der Waals surface area contributed by atoms with Crippen molar-refractivity contribution in [3.05, 3.63) is 38.0 Å². The average molecular weight is 918 g/mol. The Morgan fingerprint density at radius 2 is 0.972 bits per heavy atom. The van der Waals surface area contributed by atoms with Gasteiger partial charge >= 0.3 is 0 Å². The van der Waals surface area contributed by atoms with E-state index in [0.29, 0.717) is 49.4 Å². The van der Waals surface area contributed by atoms with Gasteiger partial charge in [-0.25, -0.2) is 4.21 Å². The number of rotatable bonds is 3. The zero-order valence-electron chi connectivity index (χ0n) is 18.6. The van der Waals surface area contributed by atoms with Crippen molar-refractivity contribution in [1.29, 1.82) is 0 Å². The first-order valence-corrected chi connectivity index (χ1v) is 17.7. The molecule has 204 valence electrons. The largest absolute Gasteiger partial charge is 0.396 e. The van der Waals surface area contributed by atoms with Crippen LogP contribution in [0.3, 0.4) is 0 Å². The standard InChI is InChI=1S/C6Br2Cl2N2S.C6H4Br2Cl2N2.C6H15N.Cl2OS/c7-1-3(9)4(10)2(8)6-5(1)11-13-12-6;7-1-3(9)4(10)2(8)6(12)5(1)11;1-4-7(5-2)6-3;1-4(2)3/h;11-12H2;4-6H2,1-3H3;.